The van der Waals surface area contributed by atoms with Crippen molar-refractivity contribution in [2.75, 3.05) is 39.3 Å². The lowest BCUT2D eigenvalue weighted by Crippen LogP contribution is -3.13. The van der Waals surface area contributed by atoms with Gasteiger partial charge in [-0.1, -0.05) is 49.7 Å². The molecule has 0 atom stereocenters. The number of aryl methyl sites for hydroxylation is 1. The smallest absolute Gasteiger partial charge is 0.254 e. The first-order valence-corrected chi connectivity index (χ1v) is 12.1. The van der Waals surface area contributed by atoms with Crippen molar-refractivity contribution >= 4 is 15.9 Å². The van der Waals surface area contributed by atoms with Crippen LogP contribution in [0.3, 0.4) is 0 Å². The summed E-state index contributed by atoms with van der Waals surface area (Å²) in [6, 6.07) is 15.0. The molecule has 1 N–H and O–H groups in total. The van der Waals surface area contributed by atoms with E-state index in [0.29, 0.717) is 31.7 Å². The maximum absolute atomic E-state index is 13.0. The van der Waals surface area contributed by atoms with E-state index in [1.165, 1.54) is 26.4 Å². The molecule has 0 aliphatic carbocycles. The Bertz CT molecular complexity index is 979. The van der Waals surface area contributed by atoms with Gasteiger partial charge in [0.15, 0.2) is 0 Å². The van der Waals surface area contributed by atoms with Crippen molar-refractivity contribution < 1.29 is 18.1 Å². The molecule has 0 spiro atoms. The minimum absolute atomic E-state index is 0.0961. The molecule has 0 bridgehead atoms. The summed E-state index contributed by atoms with van der Waals surface area (Å²) in [6.07, 6.45) is 0. The topological polar surface area (TPSA) is 62.1 Å². The van der Waals surface area contributed by atoms with Crippen molar-refractivity contribution in [3.8, 4) is 0 Å². The lowest BCUT2D eigenvalue weighted by atomic mass is 10.1. The number of hydrogen-bond donors (Lipinski definition) is 1. The SMILES string of the molecule is CCN(CC)S(=O)(=O)c1cccc(C(=O)N2CC[NH+](Cc3cccc(C)c3)CC2)c1. The number of carbonyl (C=O) groups is 1. The zero-order valence-electron chi connectivity index (χ0n) is 18.1. The Hall–Kier alpha value is -2.22. The summed E-state index contributed by atoms with van der Waals surface area (Å²) in [5, 5.41) is 0. The Kier molecular flexibility index (Phi) is 7.28. The highest BCUT2D eigenvalue weighted by molar-refractivity contribution is 7.89. The molecule has 1 fully saturated rings. The number of nitrogens with one attached hydrogen (secondary N) is 1. The number of amides is 1. The number of rotatable bonds is 7. The molecule has 2 aromatic carbocycles. The van der Waals surface area contributed by atoms with Crippen LogP contribution >= 0.6 is 0 Å². The van der Waals surface area contributed by atoms with E-state index >= 15 is 0 Å². The van der Waals surface area contributed by atoms with Crippen LogP contribution in [0.5, 0.6) is 0 Å². The van der Waals surface area contributed by atoms with Crippen molar-refractivity contribution in [3.05, 3.63) is 65.2 Å². The highest BCUT2D eigenvalue weighted by atomic mass is 32.2. The minimum atomic E-state index is -3.58. The van der Waals surface area contributed by atoms with Crippen molar-refractivity contribution in [1.29, 1.82) is 0 Å². The molecule has 1 aliphatic rings. The molecule has 2 aromatic rings. The number of nitrogens with zero attached hydrogens (tertiary/aromatic N) is 2. The van der Waals surface area contributed by atoms with Gasteiger partial charge in [-0.3, -0.25) is 4.79 Å². The van der Waals surface area contributed by atoms with Gasteiger partial charge in [-0.05, 0) is 25.1 Å². The van der Waals surface area contributed by atoms with Gasteiger partial charge in [0.25, 0.3) is 5.91 Å². The molecule has 0 saturated carbocycles. The highest BCUT2D eigenvalue weighted by Crippen LogP contribution is 2.18. The fourth-order valence-corrected chi connectivity index (χ4v) is 5.50. The summed E-state index contributed by atoms with van der Waals surface area (Å²) in [7, 11) is -3.58. The summed E-state index contributed by atoms with van der Waals surface area (Å²) in [5.74, 6) is -0.0961. The molecule has 1 amide bonds. The van der Waals surface area contributed by atoms with Gasteiger partial charge in [-0.15, -0.1) is 0 Å². The first-order chi connectivity index (χ1) is 14.3. The quantitative estimate of drug-likeness (QED) is 0.725. The van der Waals surface area contributed by atoms with Gasteiger partial charge in [-0.25, -0.2) is 8.42 Å². The summed E-state index contributed by atoms with van der Waals surface area (Å²) in [5.41, 5.74) is 3.02. The predicted octanol–water partition coefficient (Wildman–Crippen LogP) is 1.57. The minimum Gasteiger partial charge on any atom is -0.328 e. The average Bonchev–Trinajstić information content (AvgIpc) is 2.74. The molecule has 1 aliphatic heterocycles. The van der Waals surface area contributed by atoms with Crippen LogP contribution in [0.1, 0.15) is 35.3 Å². The maximum atomic E-state index is 13.0. The van der Waals surface area contributed by atoms with E-state index in [-0.39, 0.29) is 10.8 Å². The lowest BCUT2D eigenvalue weighted by Gasteiger charge is -2.32. The molecule has 6 nitrogen and oxygen atoms in total. The Morgan fingerprint density at radius 2 is 1.70 bits per heavy atom. The number of piperazine rings is 1. The summed E-state index contributed by atoms with van der Waals surface area (Å²) in [4.78, 5) is 16.5. The van der Waals surface area contributed by atoms with Crippen LogP contribution in [0, 0.1) is 6.92 Å². The molecule has 1 saturated heterocycles. The first kappa shape index (κ1) is 22.5. The Morgan fingerprint density at radius 3 is 2.33 bits per heavy atom. The van der Waals surface area contributed by atoms with Gasteiger partial charge in [0.1, 0.15) is 6.54 Å². The first-order valence-electron chi connectivity index (χ1n) is 10.6. The van der Waals surface area contributed by atoms with Crippen molar-refractivity contribution in [1.82, 2.24) is 9.21 Å². The molecule has 7 heteroatoms. The fraction of sp³-hybridized carbons (Fsp3) is 0.435. The molecular weight excluding hydrogens is 398 g/mol. The van der Waals surface area contributed by atoms with Crippen LogP contribution in [0.25, 0.3) is 0 Å². The average molecular weight is 431 g/mol. The number of benzene rings is 2. The molecular formula is C23H32N3O3S+. The molecule has 0 unspecified atom stereocenters. The third kappa shape index (κ3) is 5.09. The molecule has 1 heterocycles. The van der Waals surface area contributed by atoms with E-state index in [0.717, 1.165) is 19.6 Å². The molecule has 3 rings (SSSR count). The number of sulfonamides is 1. The second-order valence-corrected chi connectivity index (χ2v) is 9.76. The zero-order chi connectivity index (χ0) is 21.7. The van der Waals surface area contributed by atoms with Gasteiger partial charge in [-0.2, -0.15) is 4.31 Å². The van der Waals surface area contributed by atoms with Gasteiger partial charge in [0.2, 0.25) is 10.0 Å². The van der Waals surface area contributed by atoms with Crippen molar-refractivity contribution in [2.45, 2.75) is 32.2 Å². The van der Waals surface area contributed by atoms with Crippen LogP contribution < -0.4 is 4.90 Å². The van der Waals surface area contributed by atoms with E-state index in [4.69, 9.17) is 0 Å². The second kappa shape index (κ2) is 9.73. The molecule has 0 aromatic heterocycles. The third-order valence-corrected chi connectivity index (χ3v) is 7.76. The largest absolute Gasteiger partial charge is 0.328 e. The number of quaternary nitrogens is 1. The monoisotopic (exact) mass is 430 g/mol. The van der Waals surface area contributed by atoms with Crippen molar-refractivity contribution in [3.63, 3.8) is 0 Å². The van der Waals surface area contributed by atoms with Crippen LogP contribution in [0.2, 0.25) is 0 Å². The van der Waals surface area contributed by atoms with Crippen LogP contribution in [-0.4, -0.2) is 62.8 Å². The number of carbonyl (C=O) groups excluding carboxylic acids is 1. The Morgan fingerprint density at radius 1 is 1.03 bits per heavy atom. The van der Waals surface area contributed by atoms with Crippen LogP contribution in [0.4, 0.5) is 0 Å². The summed E-state index contributed by atoms with van der Waals surface area (Å²) >= 11 is 0. The van der Waals surface area contributed by atoms with Gasteiger partial charge in [0, 0.05) is 24.2 Å². The third-order valence-electron chi connectivity index (χ3n) is 5.72. The standard InChI is InChI=1S/C23H31N3O3S/c1-4-26(5-2)30(28,29)22-11-7-10-21(17-22)23(27)25-14-12-24(13-15-25)18-20-9-6-8-19(3)16-20/h6-11,16-17H,4-5,12-15,18H2,1-3H3/p+1. The van der Waals surface area contributed by atoms with Gasteiger partial charge in [0.05, 0.1) is 31.1 Å². The Labute approximate surface area is 180 Å². The predicted molar refractivity (Wildman–Crippen MR) is 118 cm³/mol. The van der Waals surface area contributed by atoms with E-state index in [9.17, 15) is 13.2 Å². The van der Waals surface area contributed by atoms with E-state index < -0.39 is 10.0 Å². The highest BCUT2D eigenvalue weighted by Gasteiger charge is 2.27. The van der Waals surface area contributed by atoms with E-state index in [1.54, 1.807) is 18.2 Å². The van der Waals surface area contributed by atoms with Gasteiger partial charge >= 0.3 is 0 Å². The second-order valence-electron chi connectivity index (χ2n) is 7.83. The Balaban J connectivity index is 1.65. The van der Waals surface area contributed by atoms with E-state index in [1.807, 2.05) is 18.7 Å². The van der Waals surface area contributed by atoms with Crippen molar-refractivity contribution in [2.24, 2.45) is 0 Å². The fourth-order valence-electron chi connectivity index (χ4n) is 4.00. The van der Waals surface area contributed by atoms with Crippen LogP contribution in [-0.2, 0) is 16.6 Å². The number of hydrogen-bond acceptors (Lipinski definition) is 3. The molecule has 30 heavy (non-hydrogen) atoms. The van der Waals surface area contributed by atoms with Gasteiger partial charge < -0.3 is 9.80 Å². The van der Waals surface area contributed by atoms with Crippen LogP contribution in [0.15, 0.2) is 53.4 Å². The maximum Gasteiger partial charge on any atom is 0.254 e. The lowest BCUT2D eigenvalue weighted by molar-refractivity contribution is -0.917. The zero-order valence-corrected chi connectivity index (χ0v) is 18.9. The summed E-state index contributed by atoms with van der Waals surface area (Å²) < 4.78 is 27.0. The normalized spacial score (nSPS) is 15.5. The summed E-state index contributed by atoms with van der Waals surface area (Å²) in [6.45, 7) is 10.6. The van der Waals surface area contributed by atoms with E-state index in [2.05, 4.69) is 31.2 Å². The molecule has 162 valence electrons. The molecule has 0 radical (unpaired) electrons.